The summed E-state index contributed by atoms with van der Waals surface area (Å²) in [6.07, 6.45) is 5.41. The molecule has 7 nitrogen and oxygen atoms in total. The smallest absolute Gasteiger partial charge is 0.228 e. The number of carbonyl (C=O) groups excluding carboxylic acids is 1. The molecule has 0 spiro atoms. The van der Waals surface area contributed by atoms with Gasteiger partial charge in [-0.2, -0.15) is 0 Å². The summed E-state index contributed by atoms with van der Waals surface area (Å²) in [5.74, 6) is 0.803. The SMILES string of the molecule is CC1c2cnnn2-c2ccnc(NC(=O)C3CC3)c2N1C. The van der Waals surface area contributed by atoms with Gasteiger partial charge in [-0.25, -0.2) is 9.67 Å². The second kappa shape index (κ2) is 4.28. The summed E-state index contributed by atoms with van der Waals surface area (Å²) in [6.45, 7) is 2.08. The van der Waals surface area contributed by atoms with Crippen LogP contribution in [0.5, 0.6) is 0 Å². The number of pyridine rings is 1. The van der Waals surface area contributed by atoms with Crippen LogP contribution in [0.2, 0.25) is 0 Å². The van der Waals surface area contributed by atoms with E-state index in [4.69, 9.17) is 0 Å². The van der Waals surface area contributed by atoms with Crippen molar-refractivity contribution in [2.45, 2.75) is 25.8 Å². The van der Waals surface area contributed by atoms with E-state index in [-0.39, 0.29) is 17.9 Å². The number of nitrogens with one attached hydrogen (secondary N) is 1. The van der Waals surface area contributed by atoms with Crippen LogP contribution in [-0.2, 0) is 4.79 Å². The molecule has 1 unspecified atom stereocenters. The minimum Gasteiger partial charge on any atom is -0.361 e. The van der Waals surface area contributed by atoms with Gasteiger partial charge in [0.25, 0.3) is 0 Å². The summed E-state index contributed by atoms with van der Waals surface area (Å²) in [6, 6.07) is 2.01. The Kier molecular flexibility index (Phi) is 2.51. The third-order valence-corrected chi connectivity index (χ3v) is 4.26. The normalized spacial score (nSPS) is 19.9. The largest absolute Gasteiger partial charge is 0.361 e. The number of anilines is 2. The molecule has 7 heteroatoms. The van der Waals surface area contributed by atoms with E-state index in [9.17, 15) is 4.79 Å². The maximum atomic E-state index is 12.0. The predicted molar refractivity (Wildman–Crippen MR) is 77.3 cm³/mol. The Morgan fingerprint density at radius 2 is 2.24 bits per heavy atom. The zero-order chi connectivity index (χ0) is 14.6. The van der Waals surface area contributed by atoms with Crippen molar-refractivity contribution in [2.24, 2.45) is 5.92 Å². The van der Waals surface area contributed by atoms with Crippen molar-refractivity contribution in [3.8, 4) is 5.69 Å². The minimum absolute atomic E-state index is 0.0568. The van der Waals surface area contributed by atoms with Crippen molar-refractivity contribution >= 4 is 17.4 Å². The van der Waals surface area contributed by atoms with E-state index >= 15 is 0 Å². The summed E-state index contributed by atoms with van der Waals surface area (Å²) in [4.78, 5) is 18.5. The number of hydrogen-bond acceptors (Lipinski definition) is 5. The van der Waals surface area contributed by atoms with Crippen LogP contribution in [0.4, 0.5) is 11.5 Å². The van der Waals surface area contributed by atoms with Gasteiger partial charge in [0, 0.05) is 19.2 Å². The first-order chi connectivity index (χ1) is 10.2. The quantitative estimate of drug-likeness (QED) is 0.905. The van der Waals surface area contributed by atoms with Gasteiger partial charge >= 0.3 is 0 Å². The monoisotopic (exact) mass is 284 g/mol. The van der Waals surface area contributed by atoms with Crippen molar-refractivity contribution in [3.05, 3.63) is 24.2 Å². The van der Waals surface area contributed by atoms with Gasteiger partial charge in [0.15, 0.2) is 5.82 Å². The number of nitrogens with zero attached hydrogens (tertiary/aromatic N) is 5. The molecule has 1 aliphatic carbocycles. The summed E-state index contributed by atoms with van der Waals surface area (Å²) in [5, 5.41) is 11.1. The highest BCUT2D eigenvalue weighted by Crippen LogP contribution is 2.40. The first kappa shape index (κ1) is 12.3. The molecule has 0 radical (unpaired) electrons. The first-order valence-electron chi connectivity index (χ1n) is 7.10. The van der Waals surface area contributed by atoms with Gasteiger partial charge in [-0.05, 0) is 25.8 Å². The highest BCUT2D eigenvalue weighted by molar-refractivity contribution is 5.97. The molecule has 4 rings (SSSR count). The molecular formula is C14H16N6O. The van der Waals surface area contributed by atoms with E-state index in [2.05, 4.69) is 32.4 Å². The molecule has 3 heterocycles. The summed E-state index contributed by atoms with van der Waals surface area (Å²) in [5.41, 5.74) is 2.80. The molecule has 1 saturated carbocycles. The van der Waals surface area contributed by atoms with Crippen LogP contribution in [-0.4, -0.2) is 32.9 Å². The van der Waals surface area contributed by atoms with Gasteiger partial charge in [-0.3, -0.25) is 4.79 Å². The maximum Gasteiger partial charge on any atom is 0.228 e. The predicted octanol–water partition coefficient (Wildman–Crippen LogP) is 1.52. The first-order valence-corrected chi connectivity index (χ1v) is 7.10. The van der Waals surface area contributed by atoms with Crippen LogP contribution in [0.3, 0.4) is 0 Å². The van der Waals surface area contributed by atoms with E-state index in [1.165, 1.54) is 0 Å². The second-order valence-electron chi connectivity index (χ2n) is 5.65. The third kappa shape index (κ3) is 1.80. The molecular weight excluding hydrogens is 268 g/mol. The average Bonchev–Trinajstić information content (AvgIpc) is 3.22. The van der Waals surface area contributed by atoms with Gasteiger partial charge < -0.3 is 10.2 Å². The van der Waals surface area contributed by atoms with Crippen molar-refractivity contribution in [1.82, 2.24) is 20.0 Å². The molecule has 0 aromatic carbocycles. The summed E-state index contributed by atoms with van der Waals surface area (Å²) >= 11 is 0. The van der Waals surface area contributed by atoms with Crippen molar-refractivity contribution < 1.29 is 4.79 Å². The van der Waals surface area contributed by atoms with Gasteiger partial charge in [0.2, 0.25) is 5.91 Å². The zero-order valence-corrected chi connectivity index (χ0v) is 11.9. The summed E-state index contributed by atoms with van der Waals surface area (Å²) in [7, 11) is 1.99. The average molecular weight is 284 g/mol. The minimum atomic E-state index is 0.0568. The molecule has 2 aliphatic rings. The van der Waals surface area contributed by atoms with Gasteiger partial charge in [0.05, 0.1) is 23.6 Å². The topological polar surface area (TPSA) is 75.9 Å². The molecule has 1 atom stereocenters. The molecule has 1 fully saturated rings. The molecule has 1 N–H and O–H groups in total. The Bertz CT molecular complexity index is 720. The van der Waals surface area contributed by atoms with Crippen molar-refractivity contribution in [3.63, 3.8) is 0 Å². The molecule has 21 heavy (non-hydrogen) atoms. The number of amides is 1. The van der Waals surface area contributed by atoms with Crippen molar-refractivity contribution in [2.75, 3.05) is 17.3 Å². The molecule has 0 saturated heterocycles. The van der Waals surface area contributed by atoms with Crippen LogP contribution in [0.25, 0.3) is 5.69 Å². The third-order valence-electron chi connectivity index (χ3n) is 4.26. The van der Waals surface area contributed by atoms with Crippen LogP contribution >= 0.6 is 0 Å². The van der Waals surface area contributed by atoms with Crippen LogP contribution in [0.15, 0.2) is 18.5 Å². The van der Waals surface area contributed by atoms with Crippen LogP contribution in [0, 0.1) is 5.92 Å². The lowest BCUT2D eigenvalue weighted by Gasteiger charge is -2.34. The lowest BCUT2D eigenvalue weighted by molar-refractivity contribution is -0.117. The van der Waals surface area contributed by atoms with Gasteiger partial charge in [0.1, 0.15) is 5.69 Å². The summed E-state index contributed by atoms with van der Waals surface area (Å²) < 4.78 is 1.81. The fourth-order valence-corrected chi connectivity index (χ4v) is 2.73. The Morgan fingerprint density at radius 1 is 1.43 bits per heavy atom. The number of rotatable bonds is 2. The zero-order valence-electron chi connectivity index (χ0n) is 11.9. The Balaban J connectivity index is 1.82. The van der Waals surface area contributed by atoms with E-state index in [0.717, 1.165) is 29.9 Å². The van der Waals surface area contributed by atoms with Gasteiger partial charge in [-0.1, -0.05) is 5.21 Å². The number of hydrogen-bond donors (Lipinski definition) is 1. The molecule has 108 valence electrons. The molecule has 2 aromatic rings. The molecule has 0 bridgehead atoms. The Morgan fingerprint density at radius 3 is 3.00 bits per heavy atom. The fraction of sp³-hybridized carbons (Fsp3) is 0.429. The number of carbonyl (C=O) groups is 1. The molecule has 2 aromatic heterocycles. The highest BCUT2D eigenvalue weighted by atomic mass is 16.2. The molecule has 1 amide bonds. The highest BCUT2D eigenvalue weighted by Gasteiger charge is 2.33. The Hall–Kier alpha value is -2.44. The standard InChI is InChI=1S/C14H16N6O/c1-8-11-7-16-18-20(11)10-5-6-15-13(12(10)19(8)2)17-14(21)9-3-4-9/h5-9H,3-4H2,1-2H3,(H,15,17,21). The maximum absolute atomic E-state index is 12.0. The number of aromatic nitrogens is 4. The van der Waals surface area contributed by atoms with Crippen LogP contribution < -0.4 is 10.2 Å². The number of fused-ring (bicyclic) bond motifs is 3. The Labute approximate surface area is 122 Å². The van der Waals surface area contributed by atoms with Crippen molar-refractivity contribution in [1.29, 1.82) is 0 Å². The van der Waals surface area contributed by atoms with E-state index in [1.54, 1.807) is 12.4 Å². The molecule has 1 aliphatic heterocycles. The van der Waals surface area contributed by atoms with Crippen LogP contribution in [0.1, 0.15) is 31.5 Å². The van der Waals surface area contributed by atoms with E-state index in [0.29, 0.717) is 5.82 Å². The lowest BCUT2D eigenvalue weighted by atomic mass is 10.1. The second-order valence-corrected chi connectivity index (χ2v) is 5.65. The fourth-order valence-electron chi connectivity index (χ4n) is 2.73. The van der Waals surface area contributed by atoms with Gasteiger partial charge in [-0.15, -0.1) is 5.10 Å². The lowest BCUT2D eigenvalue weighted by Crippen LogP contribution is -2.31. The van der Waals surface area contributed by atoms with E-state index in [1.807, 2.05) is 17.8 Å². The van der Waals surface area contributed by atoms with E-state index < -0.39 is 0 Å².